The molecule has 8 heteroatoms. The molecule has 31 heavy (non-hydrogen) atoms. The fourth-order valence-electron chi connectivity index (χ4n) is 3.28. The lowest BCUT2D eigenvalue weighted by Crippen LogP contribution is -2.36. The fourth-order valence-corrected chi connectivity index (χ4v) is 3.28. The maximum Gasteiger partial charge on any atom is 0.227 e. The highest BCUT2D eigenvalue weighted by Gasteiger charge is 2.21. The summed E-state index contributed by atoms with van der Waals surface area (Å²) in [4.78, 5) is 22.8. The van der Waals surface area contributed by atoms with Gasteiger partial charge in [0.2, 0.25) is 11.8 Å². The summed E-state index contributed by atoms with van der Waals surface area (Å²) in [7, 11) is 0. The summed E-state index contributed by atoms with van der Waals surface area (Å²) in [5.41, 5.74) is 3.05. The highest BCUT2D eigenvalue weighted by molar-refractivity contribution is 14.0. The lowest BCUT2D eigenvalue weighted by Gasteiger charge is -2.16. The average molecular weight is 537 g/mol. The molecule has 0 aliphatic carbocycles. The number of halogens is 1. The molecule has 3 rings (SSSR count). The van der Waals surface area contributed by atoms with E-state index in [1.807, 2.05) is 48.2 Å². The van der Waals surface area contributed by atoms with Crippen molar-refractivity contribution < 1.29 is 9.53 Å². The summed E-state index contributed by atoms with van der Waals surface area (Å²) in [6.07, 6.45) is 4.27. The first kappa shape index (κ1) is 24.9. The van der Waals surface area contributed by atoms with Crippen LogP contribution in [-0.4, -0.2) is 36.5 Å². The number of carbonyl (C=O) groups excluding carboxylic acids is 1. The van der Waals surface area contributed by atoms with Gasteiger partial charge in [0.15, 0.2) is 5.96 Å². The van der Waals surface area contributed by atoms with Crippen molar-refractivity contribution in [3.05, 3.63) is 53.7 Å². The Bertz CT molecular complexity index is 857. The largest absolute Gasteiger partial charge is 0.477 e. The molecule has 2 aromatic rings. The molecule has 1 aliphatic rings. The maximum atomic E-state index is 11.9. The van der Waals surface area contributed by atoms with E-state index in [9.17, 15) is 4.79 Å². The van der Waals surface area contributed by atoms with E-state index in [-0.39, 0.29) is 29.9 Å². The van der Waals surface area contributed by atoms with Gasteiger partial charge in [0, 0.05) is 43.5 Å². The number of nitrogens with one attached hydrogen (secondary N) is 2. The number of hydrogen-bond donors (Lipinski definition) is 2. The first-order valence-corrected chi connectivity index (χ1v) is 10.7. The topological polar surface area (TPSA) is 78.8 Å². The van der Waals surface area contributed by atoms with Crippen molar-refractivity contribution in [2.24, 2.45) is 4.99 Å². The van der Waals surface area contributed by atoms with Gasteiger partial charge in [-0.15, -0.1) is 24.0 Å². The third kappa shape index (κ3) is 7.37. The smallest absolute Gasteiger partial charge is 0.227 e. The Morgan fingerprint density at radius 3 is 2.68 bits per heavy atom. The molecule has 0 radical (unpaired) electrons. The zero-order valence-electron chi connectivity index (χ0n) is 18.3. The van der Waals surface area contributed by atoms with E-state index in [1.54, 1.807) is 6.20 Å². The second-order valence-electron chi connectivity index (χ2n) is 7.18. The number of carbonyl (C=O) groups is 1. The molecule has 1 saturated heterocycles. The molecule has 1 amide bonds. The van der Waals surface area contributed by atoms with Gasteiger partial charge >= 0.3 is 0 Å². The lowest BCUT2D eigenvalue weighted by molar-refractivity contribution is -0.117. The van der Waals surface area contributed by atoms with Crippen LogP contribution in [0.2, 0.25) is 0 Å². The monoisotopic (exact) mass is 537 g/mol. The van der Waals surface area contributed by atoms with Gasteiger partial charge in [0.05, 0.1) is 13.2 Å². The van der Waals surface area contributed by atoms with Crippen molar-refractivity contribution in [2.45, 2.75) is 46.2 Å². The van der Waals surface area contributed by atoms with Gasteiger partial charge in [-0.05, 0) is 43.5 Å². The summed E-state index contributed by atoms with van der Waals surface area (Å²) < 4.78 is 5.73. The number of pyridine rings is 1. The molecule has 0 saturated carbocycles. The molecule has 1 aliphatic heterocycles. The van der Waals surface area contributed by atoms with Crippen LogP contribution in [-0.2, 0) is 17.9 Å². The second kappa shape index (κ2) is 13.1. The first-order chi connectivity index (χ1) is 14.7. The van der Waals surface area contributed by atoms with Gasteiger partial charge in [-0.3, -0.25) is 4.79 Å². The molecule has 2 heterocycles. The maximum absolute atomic E-state index is 11.9. The Balaban J connectivity index is 0.00000341. The molecule has 2 N–H and O–H groups in total. The highest BCUT2D eigenvalue weighted by Crippen LogP contribution is 2.21. The summed E-state index contributed by atoms with van der Waals surface area (Å²) >= 11 is 0. The number of aromatic nitrogens is 1. The highest BCUT2D eigenvalue weighted by atomic mass is 127. The number of rotatable bonds is 9. The molecular weight excluding hydrogens is 505 g/mol. The van der Waals surface area contributed by atoms with Crippen LogP contribution in [0.15, 0.2) is 47.6 Å². The molecule has 0 unspecified atom stereocenters. The fraction of sp³-hybridized carbons (Fsp3) is 0.435. The van der Waals surface area contributed by atoms with Crippen molar-refractivity contribution in [3.63, 3.8) is 0 Å². The van der Waals surface area contributed by atoms with Crippen molar-refractivity contribution in [2.75, 3.05) is 24.6 Å². The number of guanidine groups is 1. The average Bonchev–Trinajstić information content (AvgIpc) is 3.21. The van der Waals surface area contributed by atoms with Crippen molar-refractivity contribution >= 4 is 41.5 Å². The molecular formula is C23H32IN5O2. The van der Waals surface area contributed by atoms with E-state index >= 15 is 0 Å². The van der Waals surface area contributed by atoms with E-state index in [4.69, 9.17) is 4.74 Å². The van der Waals surface area contributed by atoms with Crippen molar-refractivity contribution in [1.29, 1.82) is 0 Å². The van der Waals surface area contributed by atoms with Crippen LogP contribution in [0.3, 0.4) is 0 Å². The van der Waals surface area contributed by atoms with E-state index in [0.717, 1.165) is 48.7 Å². The van der Waals surface area contributed by atoms with Gasteiger partial charge in [-0.2, -0.15) is 0 Å². The second-order valence-corrected chi connectivity index (χ2v) is 7.18. The van der Waals surface area contributed by atoms with Crippen LogP contribution < -0.4 is 20.3 Å². The van der Waals surface area contributed by atoms with Gasteiger partial charge < -0.3 is 20.3 Å². The Labute approximate surface area is 201 Å². The summed E-state index contributed by atoms with van der Waals surface area (Å²) in [5.74, 6) is 1.61. The predicted octanol–water partition coefficient (Wildman–Crippen LogP) is 3.87. The Kier molecular flexibility index (Phi) is 10.6. The minimum absolute atomic E-state index is 0. The van der Waals surface area contributed by atoms with E-state index in [1.165, 1.54) is 0 Å². The minimum Gasteiger partial charge on any atom is -0.477 e. The Morgan fingerprint density at radius 2 is 2.00 bits per heavy atom. The number of amides is 1. The van der Waals surface area contributed by atoms with Crippen molar-refractivity contribution in [3.8, 4) is 5.88 Å². The van der Waals surface area contributed by atoms with Crippen LogP contribution >= 0.6 is 24.0 Å². The Morgan fingerprint density at radius 1 is 1.19 bits per heavy atom. The molecule has 7 nitrogen and oxygen atoms in total. The quantitative estimate of drug-likeness (QED) is 0.289. The van der Waals surface area contributed by atoms with Crippen LogP contribution in [0.4, 0.5) is 5.69 Å². The van der Waals surface area contributed by atoms with Crippen molar-refractivity contribution in [1.82, 2.24) is 15.6 Å². The van der Waals surface area contributed by atoms with Crippen LogP contribution in [0.25, 0.3) is 0 Å². The number of ether oxygens (including phenoxy) is 1. The van der Waals surface area contributed by atoms with E-state index < -0.39 is 0 Å². The number of aliphatic imine (C=N–C) groups is 1. The molecule has 1 fully saturated rings. The molecule has 1 aromatic carbocycles. The number of benzene rings is 1. The summed E-state index contributed by atoms with van der Waals surface area (Å²) in [6, 6.07) is 12.0. The SMILES string of the molecule is CCCOc1ncccc1CNC(=NCc1ccc(N2CCCC2=O)cc1)NCC.I. The number of anilines is 1. The zero-order valence-corrected chi connectivity index (χ0v) is 20.6. The van der Waals surface area contributed by atoms with Gasteiger partial charge in [-0.1, -0.05) is 25.1 Å². The molecule has 0 atom stereocenters. The molecule has 168 valence electrons. The summed E-state index contributed by atoms with van der Waals surface area (Å²) in [6.45, 7) is 7.48. The lowest BCUT2D eigenvalue weighted by atomic mass is 10.2. The number of hydrogen-bond acceptors (Lipinski definition) is 4. The van der Waals surface area contributed by atoms with Gasteiger partial charge in [0.25, 0.3) is 0 Å². The predicted molar refractivity (Wildman–Crippen MR) is 135 cm³/mol. The van der Waals surface area contributed by atoms with Gasteiger partial charge in [0.1, 0.15) is 0 Å². The standard InChI is InChI=1S/C23H31N5O2.HI/c1-3-15-30-22-19(7-5-13-25-22)17-27-23(24-4-2)26-16-18-9-11-20(12-10-18)28-14-6-8-21(28)29;/h5,7,9-13H,3-4,6,8,14-17H2,1-2H3,(H2,24,26,27);1H. The third-order valence-corrected chi connectivity index (χ3v) is 4.82. The normalized spacial score (nSPS) is 13.7. The molecule has 0 spiro atoms. The summed E-state index contributed by atoms with van der Waals surface area (Å²) in [5, 5.41) is 6.62. The Hall–Kier alpha value is -2.36. The minimum atomic E-state index is 0. The van der Waals surface area contributed by atoms with E-state index in [0.29, 0.717) is 32.0 Å². The third-order valence-electron chi connectivity index (χ3n) is 4.82. The first-order valence-electron chi connectivity index (χ1n) is 10.7. The van der Waals surface area contributed by atoms with Crippen LogP contribution in [0.5, 0.6) is 5.88 Å². The van der Waals surface area contributed by atoms with Crippen LogP contribution in [0.1, 0.15) is 44.2 Å². The van der Waals surface area contributed by atoms with Crippen LogP contribution in [0, 0.1) is 0 Å². The molecule has 1 aromatic heterocycles. The number of nitrogens with zero attached hydrogens (tertiary/aromatic N) is 3. The van der Waals surface area contributed by atoms with E-state index in [2.05, 4.69) is 27.5 Å². The molecule has 0 bridgehead atoms. The zero-order chi connectivity index (χ0) is 21.2. The van der Waals surface area contributed by atoms with Gasteiger partial charge in [-0.25, -0.2) is 9.98 Å².